The first kappa shape index (κ1) is 16.2. The van der Waals surface area contributed by atoms with Crippen LogP contribution in [-0.2, 0) is 11.2 Å². The molecule has 3 aromatic rings. The average Bonchev–Trinajstić information content (AvgIpc) is 3.18. The van der Waals surface area contributed by atoms with Crippen molar-refractivity contribution in [3.63, 3.8) is 0 Å². The van der Waals surface area contributed by atoms with E-state index in [1.807, 2.05) is 36.6 Å². The Labute approximate surface area is 143 Å². The van der Waals surface area contributed by atoms with E-state index in [1.165, 1.54) is 11.3 Å². The van der Waals surface area contributed by atoms with Crippen molar-refractivity contribution in [3.8, 4) is 16.3 Å². The van der Waals surface area contributed by atoms with Crippen LogP contribution in [0.25, 0.3) is 10.6 Å². The third-order valence-corrected chi connectivity index (χ3v) is 4.14. The summed E-state index contributed by atoms with van der Waals surface area (Å²) in [7, 11) is 0. The number of benzene rings is 1. The molecule has 0 bridgehead atoms. The molecule has 1 N–H and O–H groups in total. The lowest BCUT2D eigenvalue weighted by Gasteiger charge is -2.03. The number of ether oxygens (including phenoxy) is 1. The lowest BCUT2D eigenvalue weighted by molar-refractivity contribution is -0.115. The van der Waals surface area contributed by atoms with Gasteiger partial charge in [-0.25, -0.2) is 4.98 Å². The van der Waals surface area contributed by atoms with Crippen molar-refractivity contribution in [2.24, 2.45) is 0 Å². The van der Waals surface area contributed by atoms with Crippen LogP contribution < -0.4 is 10.1 Å². The van der Waals surface area contributed by atoms with Gasteiger partial charge in [-0.3, -0.25) is 4.79 Å². The van der Waals surface area contributed by atoms with E-state index < -0.39 is 0 Å². The molecule has 0 aliphatic heterocycles. The van der Waals surface area contributed by atoms with Crippen LogP contribution in [0.15, 0.2) is 40.2 Å². The second kappa shape index (κ2) is 7.27. The monoisotopic (exact) mass is 343 g/mol. The van der Waals surface area contributed by atoms with E-state index in [1.54, 1.807) is 13.0 Å². The van der Waals surface area contributed by atoms with Gasteiger partial charge >= 0.3 is 0 Å². The molecule has 2 aromatic heterocycles. The summed E-state index contributed by atoms with van der Waals surface area (Å²) in [5, 5.41) is 9.18. The van der Waals surface area contributed by atoms with E-state index in [-0.39, 0.29) is 12.3 Å². The third-order valence-electron chi connectivity index (χ3n) is 3.20. The van der Waals surface area contributed by atoms with Crippen molar-refractivity contribution >= 4 is 23.1 Å². The Morgan fingerprint density at radius 3 is 2.79 bits per heavy atom. The van der Waals surface area contributed by atoms with Crippen molar-refractivity contribution in [3.05, 3.63) is 47.2 Å². The number of hydrogen-bond acceptors (Lipinski definition) is 6. The molecule has 24 heavy (non-hydrogen) atoms. The van der Waals surface area contributed by atoms with Gasteiger partial charge in [-0.2, -0.15) is 0 Å². The zero-order valence-electron chi connectivity index (χ0n) is 13.4. The molecule has 1 aromatic carbocycles. The van der Waals surface area contributed by atoms with E-state index in [9.17, 15) is 4.79 Å². The number of aromatic nitrogens is 2. The summed E-state index contributed by atoms with van der Waals surface area (Å²) < 4.78 is 10.3. The minimum absolute atomic E-state index is 0.174. The molecular formula is C17H17N3O3S. The van der Waals surface area contributed by atoms with Crippen molar-refractivity contribution in [2.75, 3.05) is 11.9 Å². The number of nitrogens with one attached hydrogen (secondary N) is 1. The molecule has 2 heterocycles. The molecule has 0 aliphatic carbocycles. The Hall–Kier alpha value is -2.67. The summed E-state index contributed by atoms with van der Waals surface area (Å²) in [4.78, 5) is 16.5. The van der Waals surface area contributed by atoms with Crippen molar-refractivity contribution in [1.29, 1.82) is 0 Å². The third kappa shape index (κ3) is 3.99. The van der Waals surface area contributed by atoms with E-state index in [2.05, 4.69) is 15.5 Å². The number of thiazole rings is 1. The first-order chi connectivity index (χ1) is 11.6. The standard InChI is InChI=1S/C17H17N3O3S/c1-3-22-14-6-4-12(5-7-14)17-18-13(10-24-17)9-16(21)19-15-8-11(2)23-20-15/h4-8,10H,3,9H2,1-2H3,(H,19,20,21). The van der Waals surface area contributed by atoms with Gasteiger partial charge in [-0.05, 0) is 38.1 Å². The fourth-order valence-electron chi connectivity index (χ4n) is 2.16. The highest BCUT2D eigenvalue weighted by Gasteiger charge is 2.11. The molecule has 1 amide bonds. The lowest BCUT2D eigenvalue weighted by atomic mass is 10.2. The van der Waals surface area contributed by atoms with E-state index in [4.69, 9.17) is 9.26 Å². The number of nitrogens with zero attached hydrogens (tertiary/aromatic N) is 2. The Balaban J connectivity index is 1.63. The molecule has 0 radical (unpaired) electrons. The van der Waals surface area contributed by atoms with Gasteiger partial charge in [0.1, 0.15) is 16.5 Å². The maximum Gasteiger partial charge on any atom is 0.231 e. The molecule has 0 aliphatic rings. The maximum absolute atomic E-state index is 12.0. The van der Waals surface area contributed by atoms with Crippen LogP contribution in [0.4, 0.5) is 5.82 Å². The number of carbonyl (C=O) groups is 1. The van der Waals surface area contributed by atoms with Gasteiger partial charge in [-0.15, -0.1) is 11.3 Å². The Kier molecular flexibility index (Phi) is 4.90. The van der Waals surface area contributed by atoms with Gasteiger partial charge in [-0.1, -0.05) is 5.16 Å². The second-order valence-corrected chi connectivity index (χ2v) is 6.01. The summed E-state index contributed by atoms with van der Waals surface area (Å²) in [6.07, 6.45) is 0.194. The molecule has 6 nitrogen and oxygen atoms in total. The number of amides is 1. The van der Waals surface area contributed by atoms with Crippen molar-refractivity contribution in [2.45, 2.75) is 20.3 Å². The van der Waals surface area contributed by atoms with Gasteiger partial charge in [0, 0.05) is 17.0 Å². The van der Waals surface area contributed by atoms with E-state index in [0.717, 1.165) is 22.0 Å². The lowest BCUT2D eigenvalue weighted by Crippen LogP contribution is -2.14. The van der Waals surface area contributed by atoms with Gasteiger partial charge < -0.3 is 14.6 Å². The minimum atomic E-state index is -0.174. The SMILES string of the molecule is CCOc1ccc(-c2nc(CC(=O)Nc3cc(C)on3)cs2)cc1. The number of carbonyl (C=O) groups excluding carboxylic acids is 1. The highest BCUT2D eigenvalue weighted by atomic mass is 32.1. The molecule has 3 rings (SSSR count). The highest BCUT2D eigenvalue weighted by molar-refractivity contribution is 7.13. The van der Waals surface area contributed by atoms with E-state index >= 15 is 0 Å². The molecule has 0 saturated heterocycles. The second-order valence-electron chi connectivity index (χ2n) is 5.15. The predicted octanol–water partition coefficient (Wildman–Crippen LogP) is 3.69. The van der Waals surface area contributed by atoms with Crippen LogP contribution in [0.2, 0.25) is 0 Å². The van der Waals surface area contributed by atoms with Crippen molar-refractivity contribution < 1.29 is 14.1 Å². The predicted molar refractivity (Wildman–Crippen MR) is 92.3 cm³/mol. The first-order valence-corrected chi connectivity index (χ1v) is 8.43. The van der Waals surface area contributed by atoms with E-state index in [0.29, 0.717) is 18.2 Å². The van der Waals surface area contributed by atoms with Crippen LogP contribution in [0.1, 0.15) is 18.4 Å². The van der Waals surface area contributed by atoms with Gasteiger partial charge in [0.15, 0.2) is 5.82 Å². The Bertz CT molecular complexity index is 824. The summed E-state index contributed by atoms with van der Waals surface area (Å²) in [5.74, 6) is 1.73. The summed E-state index contributed by atoms with van der Waals surface area (Å²) >= 11 is 1.51. The number of anilines is 1. The minimum Gasteiger partial charge on any atom is -0.494 e. The molecule has 0 spiro atoms. The molecule has 0 saturated carbocycles. The van der Waals surface area contributed by atoms with Gasteiger partial charge in [0.2, 0.25) is 5.91 Å². The first-order valence-electron chi connectivity index (χ1n) is 7.55. The molecule has 124 valence electrons. The van der Waals surface area contributed by atoms with Crippen molar-refractivity contribution in [1.82, 2.24) is 10.1 Å². The van der Waals surface area contributed by atoms with Gasteiger partial charge in [0.05, 0.1) is 18.7 Å². The number of hydrogen-bond donors (Lipinski definition) is 1. The largest absolute Gasteiger partial charge is 0.494 e. The van der Waals surface area contributed by atoms with Crippen LogP contribution in [-0.4, -0.2) is 22.7 Å². The molecule has 0 atom stereocenters. The smallest absolute Gasteiger partial charge is 0.231 e. The fourth-order valence-corrected chi connectivity index (χ4v) is 2.98. The quantitative estimate of drug-likeness (QED) is 0.738. The fraction of sp³-hybridized carbons (Fsp3) is 0.235. The summed E-state index contributed by atoms with van der Waals surface area (Å²) in [6.45, 7) is 4.36. The topological polar surface area (TPSA) is 77.2 Å². The molecular weight excluding hydrogens is 326 g/mol. The maximum atomic E-state index is 12.0. The van der Waals surface area contributed by atoms with Crippen LogP contribution in [0.5, 0.6) is 5.75 Å². The van der Waals surface area contributed by atoms with Gasteiger partial charge in [0.25, 0.3) is 0 Å². The highest BCUT2D eigenvalue weighted by Crippen LogP contribution is 2.26. The average molecular weight is 343 g/mol. The van der Waals surface area contributed by atoms with Crippen LogP contribution in [0.3, 0.4) is 0 Å². The molecule has 0 fully saturated rings. The summed E-state index contributed by atoms with van der Waals surface area (Å²) in [5.41, 5.74) is 1.73. The Morgan fingerprint density at radius 2 is 2.12 bits per heavy atom. The summed E-state index contributed by atoms with van der Waals surface area (Å²) in [6, 6.07) is 9.43. The molecule has 0 unspecified atom stereocenters. The number of rotatable bonds is 6. The zero-order valence-corrected chi connectivity index (χ0v) is 14.2. The Morgan fingerprint density at radius 1 is 1.33 bits per heavy atom. The zero-order chi connectivity index (χ0) is 16.9. The normalized spacial score (nSPS) is 10.6. The number of aryl methyl sites for hydroxylation is 1. The van der Waals surface area contributed by atoms with Crippen LogP contribution in [0, 0.1) is 6.92 Å². The molecule has 7 heteroatoms. The van der Waals surface area contributed by atoms with Crippen LogP contribution >= 0.6 is 11.3 Å².